The summed E-state index contributed by atoms with van der Waals surface area (Å²) in [4.78, 5) is 14.5. The zero-order valence-electron chi connectivity index (χ0n) is 9.96. The van der Waals surface area contributed by atoms with E-state index in [1.165, 1.54) is 6.92 Å². The Morgan fingerprint density at radius 1 is 1.50 bits per heavy atom. The standard InChI is InChI=1S/C11H7F5N2O2/c1-2-20-10(19)8-5(4-17)6(11(14,15)16)3-7(18-8)9(12)13/h3,9H,2H2,1H3. The lowest BCUT2D eigenvalue weighted by Crippen LogP contribution is -2.17. The number of hydrogen-bond acceptors (Lipinski definition) is 4. The number of alkyl halides is 5. The number of rotatable bonds is 3. The Kier molecular flexibility index (Phi) is 4.60. The van der Waals surface area contributed by atoms with Gasteiger partial charge in [0.15, 0.2) is 5.69 Å². The number of nitrogens with zero attached hydrogens (tertiary/aromatic N) is 2. The van der Waals surface area contributed by atoms with Crippen LogP contribution in [0.2, 0.25) is 0 Å². The average Bonchev–Trinajstić information content (AvgIpc) is 2.36. The molecule has 1 heterocycles. The Hall–Kier alpha value is -2.24. The minimum Gasteiger partial charge on any atom is -0.461 e. The van der Waals surface area contributed by atoms with Gasteiger partial charge < -0.3 is 4.74 Å². The van der Waals surface area contributed by atoms with Crippen LogP contribution in [0.3, 0.4) is 0 Å². The normalized spacial score (nSPS) is 11.3. The summed E-state index contributed by atoms with van der Waals surface area (Å²) >= 11 is 0. The lowest BCUT2D eigenvalue weighted by molar-refractivity contribution is -0.138. The van der Waals surface area contributed by atoms with Gasteiger partial charge >= 0.3 is 12.1 Å². The second-order valence-corrected chi connectivity index (χ2v) is 3.45. The van der Waals surface area contributed by atoms with Gasteiger partial charge in [0, 0.05) is 0 Å². The second kappa shape index (κ2) is 5.81. The fraction of sp³-hybridized carbons (Fsp3) is 0.364. The summed E-state index contributed by atoms with van der Waals surface area (Å²) < 4.78 is 67.7. The summed E-state index contributed by atoms with van der Waals surface area (Å²) in [6, 6.07) is 1.20. The molecule has 108 valence electrons. The Labute approximate surface area is 109 Å². The van der Waals surface area contributed by atoms with Crippen molar-refractivity contribution in [1.29, 1.82) is 5.26 Å². The maximum atomic E-state index is 12.7. The fourth-order valence-electron chi connectivity index (χ4n) is 1.36. The number of carbonyl (C=O) groups excluding carboxylic acids is 1. The highest BCUT2D eigenvalue weighted by Gasteiger charge is 2.38. The molecule has 0 atom stereocenters. The van der Waals surface area contributed by atoms with Gasteiger partial charge in [-0.1, -0.05) is 0 Å². The number of carbonyl (C=O) groups is 1. The van der Waals surface area contributed by atoms with Crippen LogP contribution >= 0.6 is 0 Å². The molecule has 0 unspecified atom stereocenters. The molecule has 0 amide bonds. The highest BCUT2D eigenvalue weighted by atomic mass is 19.4. The van der Waals surface area contributed by atoms with Gasteiger partial charge in [0.05, 0.1) is 17.7 Å². The molecule has 20 heavy (non-hydrogen) atoms. The number of hydrogen-bond donors (Lipinski definition) is 0. The highest BCUT2D eigenvalue weighted by molar-refractivity contribution is 5.90. The molecule has 0 aliphatic rings. The van der Waals surface area contributed by atoms with Gasteiger partial charge in [-0.3, -0.25) is 0 Å². The topological polar surface area (TPSA) is 63.0 Å². The van der Waals surface area contributed by atoms with E-state index < -0.39 is 41.1 Å². The number of pyridine rings is 1. The van der Waals surface area contributed by atoms with E-state index in [1.807, 2.05) is 0 Å². The van der Waals surface area contributed by atoms with Crippen molar-refractivity contribution in [2.75, 3.05) is 6.61 Å². The number of nitriles is 1. The summed E-state index contributed by atoms with van der Waals surface area (Å²) in [5, 5.41) is 8.72. The molecule has 1 aromatic heterocycles. The molecule has 0 aliphatic heterocycles. The Balaban J connectivity index is 3.61. The summed E-state index contributed by atoms with van der Waals surface area (Å²) in [6.45, 7) is 1.16. The minimum absolute atomic E-state index is 0.0476. The first kappa shape index (κ1) is 15.8. The van der Waals surface area contributed by atoms with Crippen LogP contribution in [0.1, 0.15) is 40.7 Å². The fourth-order valence-corrected chi connectivity index (χ4v) is 1.36. The van der Waals surface area contributed by atoms with Crippen molar-refractivity contribution < 1.29 is 31.5 Å². The van der Waals surface area contributed by atoms with E-state index in [0.29, 0.717) is 0 Å². The monoisotopic (exact) mass is 294 g/mol. The molecular weight excluding hydrogens is 287 g/mol. The maximum Gasteiger partial charge on any atom is 0.417 e. The number of ether oxygens (including phenoxy) is 1. The Morgan fingerprint density at radius 3 is 2.50 bits per heavy atom. The van der Waals surface area contributed by atoms with Crippen LogP contribution in [0.15, 0.2) is 6.07 Å². The molecule has 0 aromatic carbocycles. The van der Waals surface area contributed by atoms with Gasteiger partial charge in [-0.05, 0) is 13.0 Å². The summed E-state index contributed by atoms with van der Waals surface area (Å²) in [7, 11) is 0. The van der Waals surface area contributed by atoms with Crippen LogP contribution in [0.25, 0.3) is 0 Å². The Bertz CT molecular complexity index is 563. The first-order chi connectivity index (χ1) is 9.22. The molecule has 9 heteroatoms. The van der Waals surface area contributed by atoms with Gasteiger partial charge in [0.2, 0.25) is 0 Å². The molecule has 0 fully saturated rings. The molecule has 0 spiro atoms. The van der Waals surface area contributed by atoms with Gasteiger partial charge in [-0.2, -0.15) is 18.4 Å². The lowest BCUT2D eigenvalue weighted by Gasteiger charge is -2.13. The first-order valence-corrected chi connectivity index (χ1v) is 5.19. The average molecular weight is 294 g/mol. The van der Waals surface area contributed by atoms with E-state index in [0.717, 1.165) is 6.07 Å². The van der Waals surface area contributed by atoms with Crippen LogP contribution in [0, 0.1) is 11.3 Å². The molecule has 4 nitrogen and oxygen atoms in total. The minimum atomic E-state index is -5.07. The summed E-state index contributed by atoms with van der Waals surface area (Å²) in [6.07, 6.45) is -8.39. The third-order valence-corrected chi connectivity index (χ3v) is 2.15. The van der Waals surface area contributed by atoms with Crippen molar-refractivity contribution in [2.24, 2.45) is 0 Å². The van der Waals surface area contributed by atoms with E-state index in [2.05, 4.69) is 9.72 Å². The van der Waals surface area contributed by atoms with E-state index in [4.69, 9.17) is 5.26 Å². The van der Waals surface area contributed by atoms with E-state index in [1.54, 1.807) is 0 Å². The van der Waals surface area contributed by atoms with Gasteiger partial charge in [0.25, 0.3) is 6.43 Å². The Morgan fingerprint density at radius 2 is 2.10 bits per heavy atom. The van der Waals surface area contributed by atoms with Crippen LogP contribution in [0.5, 0.6) is 0 Å². The van der Waals surface area contributed by atoms with Crippen molar-refractivity contribution in [3.63, 3.8) is 0 Å². The lowest BCUT2D eigenvalue weighted by atomic mass is 10.1. The van der Waals surface area contributed by atoms with Crippen LogP contribution < -0.4 is 0 Å². The number of esters is 1. The SMILES string of the molecule is CCOC(=O)c1nc(C(F)F)cc(C(F)(F)F)c1C#N. The largest absolute Gasteiger partial charge is 0.461 e. The quantitative estimate of drug-likeness (QED) is 0.635. The molecule has 1 rings (SSSR count). The second-order valence-electron chi connectivity index (χ2n) is 3.45. The number of aromatic nitrogens is 1. The van der Waals surface area contributed by atoms with Crippen LogP contribution in [-0.2, 0) is 10.9 Å². The highest BCUT2D eigenvalue weighted by Crippen LogP contribution is 2.35. The predicted octanol–water partition coefficient (Wildman–Crippen LogP) is 3.09. The summed E-state index contributed by atoms with van der Waals surface area (Å²) in [5.74, 6) is -1.36. The van der Waals surface area contributed by atoms with Gasteiger partial charge in [0.1, 0.15) is 11.8 Å². The van der Waals surface area contributed by atoms with E-state index >= 15 is 0 Å². The molecule has 0 saturated heterocycles. The van der Waals surface area contributed by atoms with Crippen molar-refractivity contribution in [3.05, 3.63) is 28.6 Å². The smallest absolute Gasteiger partial charge is 0.417 e. The molecule has 0 N–H and O–H groups in total. The molecule has 0 radical (unpaired) electrons. The third-order valence-electron chi connectivity index (χ3n) is 2.15. The van der Waals surface area contributed by atoms with Crippen molar-refractivity contribution in [1.82, 2.24) is 4.98 Å². The molecule has 1 aromatic rings. The van der Waals surface area contributed by atoms with E-state index in [9.17, 15) is 26.7 Å². The zero-order valence-corrected chi connectivity index (χ0v) is 9.96. The van der Waals surface area contributed by atoms with Crippen molar-refractivity contribution in [3.8, 4) is 6.07 Å². The van der Waals surface area contributed by atoms with Crippen LogP contribution in [0.4, 0.5) is 22.0 Å². The molecule has 0 saturated carbocycles. The first-order valence-electron chi connectivity index (χ1n) is 5.19. The molecular formula is C11H7F5N2O2. The third kappa shape index (κ3) is 3.20. The van der Waals surface area contributed by atoms with Crippen molar-refractivity contribution >= 4 is 5.97 Å². The molecule has 0 bridgehead atoms. The van der Waals surface area contributed by atoms with Crippen LogP contribution in [-0.4, -0.2) is 17.6 Å². The van der Waals surface area contributed by atoms with Crippen molar-refractivity contribution in [2.45, 2.75) is 19.5 Å². The number of halogens is 5. The zero-order chi connectivity index (χ0) is 15.5. The van der Waals surface area contributed by atoms with Gasteiger partial charge in [-0.25, -0.2) is 18.6 Å². The summed E-state index contributed by atoms with van der Waals surface area (Å²) in [5.41, 5.74) is -5.10. The maximum absolute atomic E-state index is 12.7. The molecule has 0 aliphatic carbocycles. The van der Waals surface area contributed by atoms with E-state index in [-0.39, 0.29) is 12.7 Å². The van der Waals surface area contributed by atoms with Gasteiger partial charge in [-0.15, -0.1) is 0 Å². The predicted molar refractivity (Wildman–Crippen MR) is 54.9 cm³/mol.